The van der Waals surface area contributed by atoms with E-state index in [1.807, 2.05) is 19.9 Å². The zero-order valence-electron chi connectivity index (χ0n) is 16.5. The van der Waals surface area contributed by atoms with Crippen LogP contribution in [0.3, 0.4) is 0 Å². The summed E-state index contributed by atoms with van der Waals surface area (Å²) in [4.78, 5) is 0. The average Bonchev–Trinajstić information content (AvgIpc) is 2.58. The smallest absolute Gasteiger partial charge is 0.0272 e. The Kier molecular flexibility index (Phi) is 25.4. The van der Waals surface area contributed by atoms with E-state index >= 15 is 0 Å². The summed E-state index contributed by atoms with van der Waals surface area (Å²) in [6.45, 7) is 15.9. The Labute approximate surface area is 151 Å². The van der Waals surface area contributed by atoms with E-state index in [1.54, 1.807) is 0 Å². The van der Waals surface area contributed by atoms with Crippen LogP contribution < -0.4 is 0 Å². The van der Waals surface area contributed by atoms with Crippen LogP contribution in [-0.4, -0.2) is 0 Å². The van der Waals surface area contributed by atoms with Gasteiger partial charge in [-0.25, -0.2) is 0 Å². The fourth-order valence-corrected chi connectivity index (χ4v) is 1.55. The van der Waals surface area contributed by atoms with Gasteiger partial charge in [0, 0.05) is 12.3 Å². The van der Waals surface area contributed by atoms with Crippen molar-refractivity contribution >= 4 is 0 Å². The molecule has 0 aliphatic carbocycles. The second-order valence-corrected chi connectivity index (χ2v) is 5.33. The van der Waals surface area contributed by atoms with Crippen LogP contribution in [0.1, 0.15) is 67.2 Å². The molecular weight excluding hydrogens is 288 g/mol. The van der Waals surface area contributed by atoms with E-state index in [-0.39, 0.29) is 0 Å². The standard InChI is InChI=1S/C18H26.C4H6.C2H2/c1-6-8-14-18(11-7-2)15-17(5)13-10-9-12-16(3)4;1-3-4-2;1-2/h11-12,14,17H,2,6,8-9,15H2,1,3-5H3;1-2H3;1-2H/b18-14+;;. The molecular formula is C24H34. The molecule has 0 nitrogen and oxygen atoms in total. The molecule has 0 heterocycles. The number of hydrogen-bond donors (Lipinski definition) is 0. The predicted octanol–water partition coefficient (Wildman–Crippen LogP) is 6.72. The zero-order chi connectivity index (χ0) is 19.2. The zero-order valence-corrected chi connectivity index (χ0v) is 16.5. The molecule has 0 spiro atoms. The van der Waals surface area contributed by atoms with Gasteiger partial charge in [-0.1, -0.05) is 56.4 Å². The van der Waals surface area contributed by atoms with Crippen molar-refractivity contribution in [3.63, 3.8) is 0 Å². The normalized spacial score (nSPS) is 9.58. The minimum atomic E-state index is 0.392. The third kappa shape index (κ3) is 24.7. The predicted molar refractivity (Wildman–Crippen MR) is 111 cm³/mol. The van der Waals surface area contributed by atoms with Crippen LogP contribution in [0.15, 0.2) is 41.7 Å². The van der Waals surface area contributed by atoms with Crippen molar-refractivity contribution in [3.05, 3.63) is 41.7 Å². The van der Waals surface area contributed by atoms with E-state index in [0.717, 1.165) is 19.3 Å². The molecule has 24 heavy (non-hydrogen) atoms. The number of terminal acetylenes is 1. The molecule has 0 N–H and O–H groups in total. The molecule has 0 aromatic carbocycles. The van der Waals surface area contributed by atoms with Gasteiger partial charge in [0.05, 0.1) is 0 Å². The van der Waals surface area contributed by atoms with Crippen LogP contribution in [0.4, 0.5) is 0 Å². The Bertz CT molecular complexity index is 528. The first-order valence-corrected chi connectivity index (χ1v) is 8.35. The molecule has 1 unspecified atom stereocenters. The van der Waals surface area contributed by atoms with Crippen LogP contribution in [0, 0.1) is 42.4 Å². The highest BCUT2D eigenvalue weighted by Crippen LogP contribution is 2.13. The summed E-state index contributed by atoms with van der Waals surface area (Å²) in [6.07, 6.45) is 18.6. The SMILES string of the molecule is C#C.C=C=C/C(=C\CCC)CC(C)C#CCC=C(C)C.CC#CC. The number of allylic oxidation sites excluding steroid dienone is 5. The summed E-state index contributed by atoms with van der Waals surface area (Å²) in [7, 11) is 0. The molecule has 0 fully saturated rings. The fourth-order valence-electron chi connectivity index (χ4n) is 1.55. The van der Waals surface area contributed by atoms with Gasteiger partial charge in [0.1, 0.15) is 0 Å². The largest absolute Gasteiger partial charge is 0.128 e. The van der Waals surface area contributed by atoms with Crippen LogP contribution in [0.2, 0.25) is 0 Å². The van der Waals surface area contributed by atoms with Crippen LogP contribution >= 0.6 is 0 Å². The minimum Gasteiger partial charge on any atom is -0.128 e. The molecule has 0 radical (unpaired) electrons. The summed E-state index contributed by atoms with van der Waals surface area (Å²) in [5.74, 6) is 12.3. The maximum atomic E-state index is 4.00. The van der Waals surface area contributed by atoms with Gasteiger partial charge in [-0.15, -0.1) is 30.4 Å². The Morgan fingerprint density at radius 2 is 1.71 bits per heavy atom. The van der Waals surface area contributed by atoms with E-state index in [0.29, 0.717) is 5.92 Å². The van der Waals surface area contributed by atoms with Crippen molar-refractivity contribution in [2.75, 3.05) is 0 Å². The molecule has 0 aromatic heterocycles. The molecule has 0 aromatic rings. The maximum absolute atomic E-state index is 4.00. The first-order chi connectivity index (χ1) is 11.5. The highest BCUT2D eigenvalue weighted by atomic mass is 14.0. The van der Waals surface area contributed by atoms with Gasteiger partial charge in [0.15, 0.2) is 0 Å². The second-order valence-electron chi connectivity index (χ2n) is 5.33. The molecule has 0 aliphatic heterocycles. The van der Waals surface area contributed by atoms with Crippen LogP contribution in [-0.2, 0) is 0 Å². The molecule has 0 rings (SSSR count). The first kappa shape index (κ1) is 26.6. The average molecular weight is 323 g/mol. The molecule has 0 amide bonds. The Hall–Kier alpha value is -2.32. The molecule has 0 saturated carbocycles. The van der Waals surface area contributed by atoms with Crippen molar-refractivity contribution < 1.29 is 0 Å². The van der Waals surface area contributed by atoms with Crippen LogP contribution in [0.5, 0.6) is 0 Å². The van der Waals surface area contributed by atoms with Gasteiger partial charge < -0.3 is 0 Å². The van der Waals surface area contributed by atoms with Crippen molar-refractivity contribution in [1.29, 1.82) is 0 Å². The Balaban J connectivity index is -0.000000636. The summed E-state index contributed by atoms with van der Waals surface area (Å²) < 4.78 is 0. The number of rotatable bonds is 6. The van der Waals surface area contributed by atoms with Gasteiger partial charge in [0.25, 0.3) is 0 Å². The maximum Gasteiger partial charge on any atom is 0.0272 e. The summed E-state index contributed by atoms with van der Waals surface area (Å²) in [5, 5.41) is 0. The van der Waals surface area contributed by atoms with Gasteiger partial charge in [-0.2, -0.15) is 0 Å². The van der Waals surface area contributed by atoms with Crippen LogP contribution in [0.25, 0.3) is 0 Å². The van der Waals surface area contributed by atoms with Gasteiger partial charge in [-0.3, -0.25) is 0 Å². The third-order valence-corrected chi connectivity index (χ3v) is 2.74. The van der Waals surface area contributed by atoms with E-state index in [1.165, 1.54) is 17.6 Å². The highest BCUT2D eigenvalue weighted by molar-refractivity contribution is 5.21. The molecule has 1 atom stereocenters. The fraction of sp³-hybridized carbons (Fsp3) is 0.458. The lowest BCUT2D eigenvalue weighted by atomic mass is 10.00. The quantitative estimate of drug-likeness (QED) is 0.220. The molecule has 0 heteroatoms. The van der Waals surface area contributed by atoms with Crippen molar-refractivity contribution in [2.45, 2.75) is 67.2 Å². The van der Waals surface area contributed by atoms with Gasteiger partial charge in [0.2, 0.25) is 0 Å². The lowest BCUT2D eigenvalue weighted by Gasteiger charge is -2.04. The lowest BCUT2D eigenvalue weighted by molar-refractivity contribution is 0.748. The van der Waals surface area contributed by atoms with Gasteiger partial charge >= 0.3 is 0 Å². The van der Waals surface area contributed by atoms with E-state index in [9.17, 15) is 0 Å². The molecule has 130 valence electrons. The number of unbranched alkanes of at least 4 members (excludes halogenated alkanes) is 1. The molecule has 0 bridgehead atoms. The molecule has 0 aliphatic rings. The lowest BCUT2D eigenvalue weighted by Crippen LogP contribution is -1.92. The van der Waals surface area contributed by atoms with E-state index in [2.05, 4.69) is 88.7 Å². The van der Waals surface area contributed by atoms with Crippen molar-refractivity contribution in [3.8, 4) is 36.5 Å². The minimum absolute atomic E-state index is 0.392. The Morgan fingerprint density at radius 1 is 1.12 bits per heavy atom. The van der Waals surface area contributed by atoms with Gasteiger partial charge in [-0.05, 0) is 52.2 Å². The monoisotopic (exact) mass is 322 g/mol. The second kappa shape index (κ2) is 23.0. The van der Waals surface area contributed by atoms with Crippen molar-refractivity contribution in [2.24, 2.45) is 5.92 Å². The molecule has 0 saturated heterocycles. The third-order valence-electron chi connectivity index (χ3n) is 2.74. The summed E-state index contributed by atoms with van der Waals surface area (Å²) >= 11 is 0. The number of hydrogen-bond acceptors (Lipinski definition) is 0. The van der Waals surface area contributed by atoms with E-state index in [4.69, 9.17) is 0 Å². The van der Waals surface area contributed by atoms with Crippen molar-refractivity contribution in [1.82, 2.24) is 0 Å². The van der Waals surface area contributed by atoms with E-state index < -0.39 is 0 Å². The topological polar surface area (TPSA) is 0 Å². The Morgan fingerprint density at radius 3 is 2.12 bits per heavy atom. The highest BCUT2D eigenvalue weighted by Gasteiger charge is 1.99. The summed E-state index contributed by atoms with van der Waals surface area (Å²) in [6, 6.07) is 0. The summed E-state index contributed by atoms with van der Waals surface area (Å²) in [5.41, 5.74) is 5.49. The first-order valence-electron chi connectivity index (χ1n) is 8.35.